The molecule has 0 saturated carbocycles. The second kappa shape index (κ2) is 6.18. The Labute approximate surface area is 126 Å². The zero-order valence-corrected chi connectivity index (χ0v) is 13.2. The van der Waals surface area contributed by atoms with Crippen LogP contribution in [0.4, 0.5) is 0 Å². The van der Waals surface area contributed by atoms with E-state index in [0.717, 1.165) is 32.8 Å². The zero-order valence-electron chi connectivity index (χ0n) is 13.2. The van der Waals surface area contributed by atoms with Gasteiger partial charge >= 0.3 is 0 Å². The van der Waals surface area contributed by atoms with Gasteiger partial charge in [0, 0.05) is 49.8 Å². The zero-order chi connectivity index (χ0) is 14.8. The number of para-hydroxylation sites is 1. The lowest BCUT2D eigenvalue weighted by molar-refractivity contribution is -0.0297. The van der Waals surface area contributed by atoms with E-state index in [-0.39, 0.29) is 0 Å². The Morgan fingerprint density at radius 3 is 2.90 bits per heavy atom. The number of nitrogens with zero attached hydrogens (tertiary/aromatic N) is 2. The van der Waals surface area contributed by atoms with E-state index >= 15 is 0 Å². The molecular weight excluding hydrogens is 262 g/mol. The van der Waals surface area contributed by atoms with Gasteiger partial charge in [-0.05, 0) is 25.6 Å². The molecule has 1 aromatic heterocycles. The molecule has 1 unspecified atom stereocenters. The summed E-state index contributed by atoms with van der Waals surface area (Å²) in [5, 5.41) is 4.58. The molecule has 1 aliphatic rings. The van der Waals surface area contributed by atoms with Crippen molar-refractivity contribution in [2.45, 2.75) is 19.6 Å². The van der Waals surface area contributed by atoms with Crippen LogP contribution in [0.5, 0.6) is 0 Å². The molecule has 4 heteroatoms. The maximum Gasteiger partial charge on any atom is 0.0826 e. The molecule has 3 rings (SSSR count). The fraction of sp³-hybridized carbons (Fsp3) is 0.529. The predicted octanol–water partition coefficient (Wildman–Crippen LogP) is 1.91. The molecule has 1 aromatic carbocycles. The molecule has 0 radical (unpaired) electrons. The van der Waals surface area contributed by atoms with Crippen molar-refractivity contribution in [1.29, 1.82) is 0 Å². The minimum absolute atomic E-state index is 0.304. The van der Waals surface area contributed by atoms with Crippen molar-refractivity contribution in [2.75, 3.05) is 33.3 Å². The quantitative estimate of drug-likeness (QED) is 0.931. The molecule has 0 aliphatic carbocycles. The highest BCUT2D eigenvalue weighted by Crippen LogP contribution is 2.25. The first-order valence-corrected chi connectivity index (χ1v) is 7.72. The molecule has 1 atom stereocenters. The van der Waals surface area contributed by atoms with Crippen molar-refractivity contribution < 1.29 is 4.74 Å². The second-order valence-corrected chi connectivity index (χ2v) is 5.93. The van der Waals surface area contributed by atoms with Gasteiger partial charge in [0.15, 0.2) is 0 Å². The number of likely N-dealkylation sites (N-methyl/N-ethyl adjacent to an activating group) is 1. The van der Waals surface area contributed by atoms with Crippen LogP contribution in [0.25, 0.3) is 10.9 Å². The van der Waals surface area contributed by atoms with Gasteiger partial charge in [0.25, 0.3) is 0 Å². The fourth-order valence-corrected chi connectivity index (χ4v) is 3.35. The summed E-state index contributed by atoms with van der Waals surface area (Å²) >= 11 is 0. The van der Waals surface area contributed by atoms with Crippen LogP contribution in [0.3, 0.4) is 0 Å². The van der Waals surface area contributed by atoms with E-state index < -0.39 is 0 Å². The summed E-state index contributed by atoms with van der Waals surface area (Å²) in [5.41, 5.74) is 4.15. The van der Waals surface area contributed by atoms with Crippen molar-refractivity contribution in [3.63, 3.8) is 0 Å². The third kappa shape index (κ3) is 2.84. The Morgan fingerprint density at radius 1 is 1.33 bits per heavy atom. The predicted molar refractivity (Wildman–Crippen MR) is 86.6 cm³/mol. The largest absolute Gasteiger partial charge is 0.374 e. The molecule has 1 saturated heterocycles. The van der Waals surface area contributed by atoms with Crippen LogP contribution in [0.15, 0.2) is 24.3 Å². The lowest BCUT2D eigenvalue weighted by atomic mass is 10.1. The van der Waals surface area contributed by atoms with Crippen molar-refractivity contribution in [1.82, 2.24) is 14.8 Å². The minimum atomic E-state index is 0.304. The molecule has 1 N–H and O–H groups in total. The Morgan fingerprint density at radius 2 is 2.14 bits per heavy atom. The number of ether oxygens (including phenoxy) is 1. The van der Waals surface area contributed by atoms with Crippen molar-refractivity contribution in [3.05, 3.63) is 35.5 Å². The number of rotatable bonds is 4. The van der Waals surface area contributed by atoms with E-state index in [1.54, 1.807) is 0 Å². The first-order chi connectivity index (χ1) is 10.2. The molecule has 114 valence electrons. The summed E-state index contributed by atoms with van der Waals surface area (Å²) in [6, 6.07) is 8.66. The first-order valence-electron chi connectivity index (χ1n) is 7.72. The number of morpholine rings is 1. The van der Waals surface area contributed by atoms with Gasteiger partial charge in [-0.2, -0.15) is 0 Å². The average molecular weight is 287 g/mol. The van der Waals surface area contributed by atoms with Crippen LogP contribution in [0.2, 0.25) is 0 Å². The number of hydrogen-bond donors (Lipinski definition) is 1. The van der Waals surface area contributed by atoms with Gasteiger partial charge < -0.3 is 14.6 Å². The molecule has 4 nitrogen and oxygen atoms in total. The molecule has 21 heavy (non-hydrogen) atoms. The smallest absolute Gasteiger partial charge is 0.0826 e. The normalized spacial score (nSPS) is 20.2. The fourth-order valence-electron chi connectivity index (χ4n) is 3.35. The van der Waals surface area contributed by atoms with E-state index in [2.05, 4.69) is 53.0 Å². The number of hydrogen-bond acceptors (Lipinski definition) is 3. The molecule has 2 aromatic rings. The van der Waals surface area contributed by atoms with Gasteiger partial charge in [-0.1, -0.05) is 18.2 Å². The Kier molecular flexibility index (Phi) is 4.29. The number of aryl methyl sites for hydroxylation is 2. The topological polar surface area (TPSA) is 29.4 Å². The average Bonchev–Trinajstić information content (AvgIpc) is 2.74. The monoisotopic (exact) mass is 287 g/mol. The highest BCUT2D eigenvalue weighted by Gasteiger charge is 2.22. The standard InChI is InChI=1S/C17H25N3O/c1-13-15-6-4-5-7-16(15)19(3)17(13)12-20-8-9-21-14(11-20)10-18-2/h4-7,14,18H,8-12H2,1-3H3. The molecule has 0 spiro atoms. The van der Waals surface area contributed by atoms with Crippen LogP contribution >= 0.6 is 0 Å². The number of benzene rings is 1. The van der Waals surface area contributed by atoms with Crippen molar-refractivity contribution >= 4 is 10.9 Å². The minimum Gasteiger partial charge on any atom is -0.374 e. The molecule has 2 heterocycles. The summed E-state index contributed by atoms with van der Waals surface area (Å²) in [7, 11) is 4.16. The molecule has 1 fully saturated rings. The molecule has 0 amide bonds. The maximum absolute atomic E-state index is 5.79. The number of nitrogens with one attached hydrogen (secondary N) is 1. The second-order valence-electron chi connectivity index (χ2n) is 5.93. The van der Waals surface area contributed by atoms with Crippen LogP contribution in [-0.2, 0) is 18.3 Å². The van der Waals surface area contributed by atoms with Crippen molar-refractivity contribution in [3.8, 4) is 0 Å². The van der Waals surface area contributed by atoms with Gasteiger partial charge in [-0.25, -0.2) is 0 Å². The van der Waals surface area contributed by atoms with Crippen molar-refractivity contribution in [2.24, 2.45) is 7.05 Å². The Balaban J connectivity index is 1.81. The van der Waals surface area contributed by atoms with Gasteiger partial charge in [0.1, 0.15) is 0 Å². The van der Waals surface area contributed by atoms with E-state index in [9.17, 15) is 0 Å². The Bertz CT molecular complexity index is 579. The number of fused-ring (bicyclic) bond motifs is 1. The van der Waals surface area contributed by atoms with Crippen LogP contribution in [0.1, 0.15) is 11.3 Å². The summed E-state index contributed by atoms with van der Waals surface area (Å²) in [5.74, 6) is 0. The van der Waals surface area contributed by atoms with Crippen LogP contribution in [0, 0.1) is 6.92 Å². The van der Waals surface area contributed by atoms with Gasteiger partial charge in [-0.3, -0.25) is 4.90 Å². The first kappa shape index (κ1) is 14.6. The van der Waals surface area contributed by atoms with Crippen LogP contribution < -0.4 is 5.32 Å². The van der Waals surface area contributed by atoms with E-state index in [4.69, 9.17) is 4.74 Å². The summed E-state index contributed by atoms with van der Waals surface area (Å²) in [4.78, 5) is 2.51. The third-order valence-corrected chi connectivity index (χ3v) is 4.54. The number of aromatic nitrogens is 1. The maximum atomic E-state index is 5.79. The summed E-state index contributed by atoms with van der Waals surface area (Å²) < 4.78 is 8.14. The highest BCUT2D eigenvalue weighted by molar-refractivity contribution is 5.85. The molecule has 1 aliphatic heterocycles. The summed E-state index contributed by atoms with van der Waals surface area (Å²) in [6.07, 6.45) is 0.304. The summed E-state index contributed by atoms with van der Waals surface area (Å²) in [6.45, 7) is 7.01. The van der Waals surface area contributed by atoms with E-state index in [1.807, 2.05) is 7.05 Å². The van der Waals surface area contributed by atoms with E-state index in [0.29, 0.717) is 6.10 Å². The molecular formula is C17H25N3O. The SMILES string of the molecule is CNCC1CN(Cc2c(C)c3ccccc3n2C)CCO1. The van der Waals surface area contributed by atoms with Gasteiger partial charge in [0.05, 0.1) is 12.7 Å². The van der Waals surface area contributed by atoms with Gasteiger partial charge in [-0.15, -0.1) is 0 Å². The third-order valence-electron chi connectivity index (χ3n) is 4.54. The van der Waals surface area contributed by atoms with Crippen LogP contribution in [-0.4, -0.2) is 48.9 Å². The lowest BCUT2D eigenvalue weighted by Gasteiger charge is -2.33. The van der Waals surface area contributed by atoms with Gasteiger partial charge in [0.2, 0.25) is 0 Å². The Hall–Kier alpha value is -1.36. The lowest BCUT2D eigenvalue weighted by Crippen LogP contribution is -2.45. The highest BCUT2D eigenvalue weighted by atomic mass is 16.5. The van der Waals surface area contributed by atoms with E-state index in [1.165, 1.54) is 22.2 Å². The molecule has 0 bridgehead atoms.